The van der Waals surface area contributed by atoms with Crippen molar-refractivity contribution in [2.75, 3.05) is 17.7 Å². The first kappa shape index (κ1) is 10.6. The van der Waals surface area contributed by atoms with E-state index in [4.69, 9.17) is 5.73 Å². The van der Waals surface area contributed by atoms with Crippen LogP contribution >= 0.6 is 0 Å². The standard InChI is InChI=1S/C14H16N2/c1-11-5-3-4-6-14(11)16(2)13-9-7-12(15)8-10-13/h3-10H,15H2,1-2H3. The summed E-state index contributed by atoms with van der Waals surface area (Å²) in [7, 11) is 2.06. The van der Waals surface area contributed by atoms with Crippen LogP contribution in [0, 0.1) is 6.92 Å². The largest absolute Gasteiger partial charge is 0.399 e. The first-order valence-corrected chi connectivity index (χ1v) is 5.33. The minimum Gasteiger partial charge on any atom is -0.399 e. The molecule has 0 aromatic heterocycles. The molecular weight excluding hydrogens is 196 g/mol. The molecule has 2 N–H and O–H groups in total. The molecule has 0 aliphatic heterocycles. The van der Waals surface area contributed by atoms with Gasteiger partial charge in [-0.25, -0.2) is 0 Å². The van der Waals surface area contributed by atoms with Crippen LogP contribution in [-0.2, 0) is 0 Å². The zero-order valence-corrected chi connectivity index (χ0v) is 9.64. The molecule has 0 amide bonds. The van der Waals surface area contributed by atoms with Crippen LogP contribution in [0.2, 0.25) is 0 Å². The van der Waals surface area contributed by atoms with E-state index >= 15 is 0 Å². The molecule has 2 rings (SSSR count). The molecular formula is C14H16N2. The van der Waals surface area contributed by atoms with Crippen LogP contribution in [0.5, 0.6) is 0 Å². The van der Waals surface area contributed by atoms with E-state index < -0.39 is 0 Å². The molecule has 2 nitrogen and oxygen atoms in total. The highest BCUT2D eigenvalue weighted by atomic mass is 15.1. The minimum atomic E-state index is 0.793. The van der Waals surface area contributed by atoms with Crippen molar-refractivity contribution in [1.82, 2.24) is 0 Å². The maximum Gasteiger partial charge on any atom is 0.0437 e. The SMILES string of the molecule is Cc1ccccc1N(C)c1ccc(N)cc1. The van der Waals surface area contributed by atoms with E-state index in [0.717, 1.165) is 11.4 Å². The molecule has 0 bridgehead atoms. The maximum atomic E-state index is 5.68. The first-order chi connectivity index (χ1) is 7.68. The fourth-order valence-electron chi connectivity index (χ4n) is 1.78. The summed E-state index contributed by atoms with van der Waals surface area (Å²) >= 11 is 0. The van der Waals surface area contributed by atoms with Crippen molar-refractivity contribution in [2.45, 2.75) is 6.92 Å². The zero-order valence-electron chi connectivity index (χ0n) is 9.64. The predicted octanol–water partition coefficient (Wildman–Crippen LogP) is 3.35. The molecule has 0 saturated heterocycles. The van der Waals surface area contributed by atoms with Gasteiger partial charge in [0.15, 0.2) is 0 Å². The van der Waals surface area contributed by atoms with Gasteiger partial charge in [-0.3, -0.25) is 0 Å². The summed E-state index contributed by atoms with van der Waals surface area (Å²) < 4.78 is 0. The Balaban J connectivity index is 2.35. The molecule has 0 aliphatic carbocycles. The van der Waals surface area contributed by atoms with Gasteiger partial charge in [0.05, 0.1) is 0 Å². The lowest BCUT2D eigenvalue weighted by Crippen LogP contribution is -2.10. The van der Waals surface area contributed by atoms with Crippen LogP contribution in [0.15, 0.2) is 48.5 Å². The molecule has 0 spiro atoms. The van der Waals surface area contributed by atoms with Crippen LogP contribution in [0.4, 0.5) is 17.1 Å². The number of para-hydroxylation sites is 1. The molecule has 82 valence electrons. The van der Waals surface area contributed by atoms with Crippen LogP contribution in [0.1, 0.15) is 5.56 Å². The van der Waals surface area contributed by atoms with Crippen LogP contribution in [0.3, 0.4) is 0 Å². The molecule has 0 aliphatic rings. The zero-order chi connectivity index (χ0) is 11.5. The molecule has 0 saturated carbocycles. The summed E-state index contributed by atoms with van der Waals surface area (Å²) in [6, 6.07) is 16.2. The summed E-state index contributed by atoms with van der Waals surface area (Å²) in [6.45, 7) is 2.11. The van der Waals surface area contributed by atoms with Gasteiger partial charge in [-0.15, -0.1) is 0 Å². The van der Waals surface area contributed by atoms with E-state index in [0.29, 0.717) is 0 Å². The summed E-state index contributed by atoms with van der Waals surface area (Å²) in [4.78, 5) is 2.16. The van der Waals surface area contributed by atoms with Gasteiger partial charge in [-0.1, -0.05) is 18.2 Å². The number of aryl methyl sites for hydroxylation is 1. The Labute approximate surface area is 96.3 Å². The molecule has 16 heavy (non-hydrogen) atoms. The van der Waals surface area contributed by atoms with Gasteiger partial charge >= 0.3 is 0 Å². The first-order valence-electron chi connectivity index (χ1n) is 5.33. The number of hydrogen-bond acceptors (Lipinski definition) is 2. The molecule has 0 radical (unpaired) electrons. The highest BCUT2D eigenvalue weighted by Crippen LogP contribution is 2.26. The Kier molecular flexibility index (Phi) is 2.82. The van der Waals surface area contributed by atoms with Gasteiger partial charge in [0.1, 0.15) is 0 Å². The van der Waals surface area contributed by atoms with Crippen molar-refractivity contribution >= 4 is 17.1 Å². The lowest BCUT2D eigenvalue weighted by Gasteiger charge is -2.21. The molecule has 2 heteroatoms. The summed E-state index contributed by atoms with van der Waals surface area (Å²) in [5.41, 5.74) is 10.1. The third-order valence-corrected chi connectivity index (χ3v) is 2.76. The predicted molar refractivity (Wildman–Crippen MR) is 70.1 cm³/mol. The molecule has 0 atom stereocenters. The Morgan fingerprint density at radius 3 is 2.19 bits per heavy atom. The lowest BCUT2D eigenvalue weighted by molar-refractivity contribution is 1.19. The average Bonchev–Trinajstić information content (AvgIpc) is 2.30. The monoisotopic (exact) mass is 212 g/mol. The Morgan fingerprint density at radius 1 is 0.938 bits per heavy atom. The minimum absolute atomic E-state index is 0.793. The summed E-state index contributed by atoms with van der Waals surface area (Å²) in [6.07, 6.45) is 0. The van der Waals surface area contributed by atoms with Crippen molar-refractivity contribution < 1.29 is 0 Å². The van der Waals surface area contributed by atoms with Gasteiger partial charge in [0.25, 0.3) is 0 Å². The smallest absolute Gasteiger partial charge is 0.0437 e. The molecule has 2 aromatic rings. The van der Waals surface area contributed by atoms with E-state index in [1.165, 1.54) is 11.3 Å². The molecule has 2 aromatic carbocycles. The highest BCUT2D eigenvalue weighted by molar-refractivity contribution is 5.66. The lowest BCUT2D eigenvalue weighted by atomic mass is 10.1. The van der Waals surface area contributed by atoms with Crippen molar-refractivity contribution in [3.63, 3.8) is 0 Å². The van der Waals surface area contributed by atoms with E-state index in [2.05, 4.69) is 43.1 Å². The van der Waals surface area contributed by atoms with Crippen molar-refractivity contribution in [1.29, 1.82) is 0 Å². The third-order valence-electron chi connectivity index (χ3n) is 2.76. The van der Waals surface area contributed by atoms with Crippen LogP contribution in [-0.4, -0.2) is 7.05 Å². The second-order valence-corrected chi connectivity index (χ2v) is 3.94. The summed E-state index contributed by atoms with van der Waals surface area (Å²) in [5, 5.41) is 0. The fraction of sp³-hybridized carbons (Fsp3) is 0.143. The van der Waals surface area contributed by atoms with Gasteiger partial charge in [-0.2, -0.15) is 0 Å². The van der Waals surface area contributed by atoms with Gasteiger partial charge < -0.3 is 10.6 Å². The second-order valence-electron chi connectivity index (χ2n) is 3.94. The summed E-state index contributed by atoms with van der Waals surface area (Å²) in [5.74, 6) is 0. The van der Waals surface area contributed by atoms with Crippen molar-refractivity contribution in [3.8, 4) is 0 Å². The Morgan fingerprint density at radius 2 is 1.56 bits per heavy atom. The maximum absolute atomic E-state index is 5.68. The molecule has 0 heterocycles. The number of nitrogens with two attached hydrogens (primary N) is 1. The number of nitrogen functional groups attached to an aromatic ring is 1. The number of anilines is 3. The number of hydrogen-bond donors (Lipinski definition) is 1. The highest BCUT2D eigenvalue weighted by Gasteiger charge is 2.05. The van der Waals surface area contributed by atoms with E-state index in [9.17, 15) is 0 Å². The van der Waals surface area contributed by atoms with Crippen molar-refractivity contribution in [2.24, 2.45) is 0 Å². The van der Waals surface area contributed by atoms with Gasteiger partial charge in [0.2, 0.25) is 0 Å². The number of rotatable bonds is 2. The second kappa shape index (κ2) is 4.27. The quantitative estimate of drug-likeness (QED) is 0.773. The van der Waals surface area contributed by atoms with Crippen LogP contribution in [0.25, 0.3) is 0 Å². The van der Waals surface area contributed by atoms with Gasteiger partial charge in [0, 0.05) is 24.1 Å². The van der Waals surface area contributed by atoms with Gasteiger partial charge in [-0.05, 0) is 42.8 Å². The number of nitrogens with zero attached hydrogens (tertiary/aromatic N) is 1. The third kappa shape index (κ3) is 2.01. The molecule has 0 unspecified atom stereocenters. The van der Waals surface area contributed by atoms with E-state index in [-0.39, 0.29) is 0 Å². The Bertz CT molecular complexity index is 474. The van der Waals surface area contributed by atoms with E-state index in [1.807, 2.05) is 24.3 Å². The average molecular weight is 212 g/mol. The topological polar surface area (TPSA) is 29.3 Å². The fourth-order valence-corrected chi connectivity index (χ4v) is 1.78. The van der Waals surface area contributed by atoms with Crippen LogP contribution < -0.4 is 10.6 Å². The normalized spacial score (nSPS) is 10.1. The molecule has 0 fully saturated rings. The van der Waals surface area contributed by atoms with Crippen molar-refractivity contribution in [3.05, 3.63) is 54.1 Å². The Hall–Kier alpha value is -1.96. The number of benzene rings is 2. The van der Waals surface area contributed by atoms with E-state index in [1.54, 1.807) is 0 Å².